The molecule has 0 N–H and O–H groups in total. The van der Waals surface area contributed by atoms with Crippen LogP contribution in [0, 0.1) is 17.0 Å². The Bertz CT molecular complexity index is 1070. The minimum absolute atomic E-state index is 0.0267. The van der Waals surface area contributed by atoms with Crippen LogP contribution in [0.4, 0.5) is 5.69 Å². The molecule has 0 radical (unpaired) electrons. The van der Waals surface area contributed by atoms with Crippen LogP contribution in [0.2, 0.25) is 5.02 Å². The Morgan fingerprint density at radius 3 is 2.54 bits per heavy atom. The number of nitro groups is 1. The van der Waals surface area contributed by atoms with E-state index in [4.69, 9.17) is 16.3 Å². The fourth-order valence-corrected chi connectivity index (χ4v) is 3.10. The minimum Gasteiger partial charge on any atom is -0.465 e. The van der Waals surface area contributed by atoms with E-state index in [-0.39, 0.29) is 21.8 Å². The molecular weight excluding hydrogens is 360 g/mol. The molecule has 0 aliphatic carbocycles. The smallest absolute Gasteiger partial charge is 0.340 e. The van der Waals surface area contributed by atoms with Crippen LogP contribution in [0.3, 0.4) is 0 Å². The van der Waals surface area contributed by atoms with Gasteiger partial charge in [0.2, 0.25) is 0 Å². The van der Waals surface area contributed by atoms with Gasteiger partial charge in [-0.15, -0.1) is 0 Å². The summed E-state index contributed by atoms with van der Waals surface area (Å²) < 4.78 is 6.13. The van der Waals surface area contributed by atoms with E-state index < -0.39 is 16.8 Å². The van der Waals surface area contributed by atoms with Crippen molar-refractivity contribution in [3.05, 3.63) is 74.4 Å². The van der Waals surface area contributed by atoms with Crippen molar-refractivity contribution in [2.45, 2.75) is 6.92 Å². The average molecular weight is 373 g/mol. The highest BCUT2D eigenvalue weighted by molar-refractivity contribution is 6.34. The first kappa shape index (κ1) is 17.6. The van der Waals surface area contributed by atoms with E-state index in [1.807, 2.05) is 0 Å². The van der Waals surface area contributed by atoms with E-state index in [0.29, 0.717) is 16.6 Å². The van der Waals surface area contributed by atoms with Gasteiger partial charge in [0.15, 0.2) is 0 Å². The fraction of sp³-hybridized carbons (Fsp3) is 0.111. The topological polar surface area (TPSA) is 91.4 Å². The molecule has 0 fully saturated rings. The molecule has 3 aromatic rings. The molecule has 0 atom stereocenters. The van der Waals surface area contributed by atoms with Crippen molar-refractivity contribution in [2.75, 3.05) is 7.11 Å². The van der Waals surface area contributed by atoms with Crippen LogP contribution in [-0.4, -0.2) is 28.5 Å². The molecule has 0 aliphatic rings. The number of nitrogens with zero attached hydrogens (tertiary/aromatic N) is 2. The second-order valence-electron chi connectivity index (χ2n) is 5.53. The van der Waals surface area contributed by atoms with Gasteiger partial charge < -0.3 is 4.74 Å². The number of fused-ring (bicyclic) bond motifs is 1. The van der Waals surface area contributed by atoms with Crippen molar-refractivity contribution in [1.82, 2.24) is 4.57 Å². The fourth-order valence-electron chi connectivity index (χ4n) is 2.90. The molecule has 0 aliphatic heterocycles. The van der Waals surface area contributed by atoms with Gasteiger partial charge in [-0.1, -0.05) is 29.8 Å². The Labute approximate surface area is 152 Å². The molecular formula is C18H13ClN2O5. The van der Waals surface area contributed by atoms with Crippen molar-refractivity contribution in [3.8, 4) is 0 Å². The third-order valence-electron chi connectivity index (χ3n) is 4.10. The van der Waals surface area contributed by atoms with E-state index in [9.17, 15) is 19.7 Å². The van der Waals surface area contributed by atoms with Crippen LogP contribution >= 0.6 is 11.6 Å². The highest BCUT2D eigenvalue weighted by atomic mass is 35.5. The van der Waals surface area contributed by atoms with Crippen LogP contribution in [0.5, 0.6) is 0 Å². The summed E-state index contributed by atoms with van der Waals surface area (Å²) in [6.45, 7) is 1.61. The largest absolute Gasteiger partial charge is 0.465 e. The summed E-state index contributed by atoms with van der Waals surface area (Å²) in [5.41, 5.74) is 0.836. The first-order chi connectivity index (χ1) is 12.4. The lowest BCUT2D eigenvalue weighted by Crippen LogP contribution is -2.15. The number of aromatic nitrogens is 1. The van der Waals surface area contributed by atoms with Crippen molar-refractivity contribution < 1.29 is 19.2 Å². The van der Waals surface area contributed by atoms with E-state index >= 15 is 0 Å². The van der Waals surface area contributed by atoms with Crippen LogP contribution < -0.4 is 0 Å². The predicted molar refractivity (Wildman–Crippen MR) is 95.8 cm³/mol. The van der Waals surface area contributed by atoms with Crippen molar-refractivity contribution in [2.24, 2.45) is 0 Å². The van der Waals surface area contributed by atoms with Crippen LogP contribution in [-0.2, 0) is 4.74 Å². The number of esters is 1. The standard InChI is InChI=1S/C18H13ClN2O5/c1-10-16(18(23)26-2)12-5-3-4-6-15(12)20(10)17(22)13-9-11(21(24)25)7-8-14(13)19/h3-9H,1-2H3. The second kappa shape index (κ2) is 6.61. The van der Waals surface area contributed by atoms with Crippen molar-refractivity contribution in [1.29, 1.82) is 0 Å². The molecule has 1 heterocycles. The van der Waals surface area contributed by atoms with Crippen LogP contribution in [0.1, 0.15) is 26.4 Å². The van der Waals surface area contributed by atoms with Gasteiger partial charge in [-0.25, -0.2) is 4.79 Å². The van der Waals surface area contributed by atoms with Gasteiger partial charge in [-0.05, 0) is 19.1 Å². The Kier molecular flexibility index (Phi) is 4.48. The number of ether oxygens (including phenoxy) is 1. The van der Waals surface area contributed by atoms with Gasteiger partial charge in [0.05, 0.1) is 33.7 Å². The van der Waals surface area contributed by atoms with Gasteiger partial charge in [-0.3, -0.25) is 19.5 Å². The average Bonchev–Trinajstić information content (AvgIpc) is 2.92. The van der Waals surface area contributed by atoms with Gasteiger partial charge in [-0.2, -0.15) is 0 Å². The summed E-state index contributed by atoms with van der Waals surface area (Å²) >= 11 is 6.10. The first-order valence-electron chi connectivity index (χ1n) is 7.53. The molecule has 7 nitrogen and oxygen atoms in total. The normalized spacial score (nSPS) is 10.7. The number of hydrogen-bond donors (Lipinski definition) is 0. The van der Waals surface area contributed by atoms with E-state index in [2.05, 4.69) is 0 Å². The van der Waals surface area contributed by atoms with Gasteiger partial charge >= 0.3 is 5.97 Å². The van der Waals surface area contributed by atoms with E-state index in [1.165, 1.54) is 23.8 Å². The lowest BCUT2D eigenvalue weighted by Gasteiger charge is -2.09. The van der Waals surface area contributed by atoms with Crippen molar-refractivity contribution >= 4 is 40.1 Å². The zero-order valence-corrected chi connectivity index (χ0v) is 14.6. The maximum atomic E-state index is 13.1. The molecule has 0 bridgehead atoms. The number of non-ortho nitro benzene ring substituents is 1. The van der Waals surface area contributed by atoms with Crippen LogP contribution in [0.25, 0.3) is 10.9 Å². The molecule has 0 saturated carbocycles. The summed E-state index contributed by atoms with van der Waals surface area (Å²) in [7, 11) is 1.26. The third kappa shape index (κ3) is 2.72. The van der Waals surface area contributed by atoms with Gasteiger partial charge in [0.25, 0.3) is 11.6 Å². The summed E-state index contributed by atoms with van der Waals surface area (Å²) in [4.78, 5) is 35.7. The molecule has 0 amide bonds. The Balaban J connectivity index is 2.28. The number of halogens is 1. The quantitative estimate of drug-likeness (QED) is 0.394. The Hall–Kier alpha value is -3.19. The lowest BCUT2D eigenvalue weighted by molar-refractivity contribution is -0.384. The molecule has 8 heteroatoms. The number of methoxy groups -OCH3 is 1. The summed E-state index contributed by atoms with van der Waals surface area (Å²) in [6.07, 6.45) is 0. The molecule has 0 saturated heterocycles. The SMILES string of the molecule is COC(=O)c1c(C)n(C(=O)c2cc([N+](=O)[O-])ccc2Cl)c2ccccc12. The number of carbonyl (C=O) groups is 2. The number of nitro benzene ring substituents is 1. The summed E-state index contributed by atoms with van der Waals surface area (Å²) in [6, 6.07) is 10.5. The summed E-state index contributed by atoms with van der Waals surface area (Å²) in [5.74, 6) is -1.14. The number of carbonyl (C=O) groups excluding carboxylic acids is 2. The molecule has 0 spiro atoms. The number of para-hydroxylation sites is 1. The highest BCUT2D eigenvalue weighted by Gasteiger charge is 2.26. The number of benzene rings is 2. The first-order valence-corrected chi connectivity index (χ1v) is 7.91. The van der Waals surface area contributed by atoms with Gasteiger partial charge in [0.1, 0.15) is 0 Å². The Morgan fingerprint density at radius 1 is 1.19 bits per heavy atom. The molecule has 3 rings (SSSR count). The Morgan fingerprint density at radius 2 is 1.88 bits per heavy atom. The maximum Gasteiger partial charge on any atom is 0.340 e. The second-order valence-corrected chi connectivity index (χ2v) is 5.94. The van der Waals surface area contributed by atoms with Crippen LogP contribution in [0.15, 0.2) is 42.5 Å². The summed E-state index contributed by atoms with van der Waals surface area (Å²) in [5, 5.41) is 11.6. The lowest BCUT2D eigenvalue weighted by atomic mass is 10.1. The zero-order chi connectivity index (χ0) is 19.0. The predicted octanol–water partition coefficient (Wildman–Crippen LogP) is 3.99. The molecule has 1 aromatic heterocycles. The number of hydrogen-bond acceptors (Lipinski definition) is 5. The minimum atomic E-state index is -0.604. The zero-order valence-electron chi connectivity index (χ0n) is 13.9. The van der Waals surface area contributed by atoms with E-state index in [0.717, 1.165) is 6.07 Å². The van der Waals surface area contributed by atoms with E-state index in [1.54, 1.807) is 31.2 Å². The molecule has 2 aromatic carbocycles. The highest BCUT2D eigenvalue weighted by Crippen LogP contribution is 2.30. The maximum absolute atomic E-state index is 13.1. The molecule has 0 unspecified atom stereocenters. The number of rotatable bonds is 3. The molecule has 26 heavy (non-hydrogen) atoms. The van der Waals surface area contributed by atoms with Crippen molar-refractivity contribution in [3.63, 3.8) is 0 Å². The monoisotopic (exact) mass is 372 g/mol. The third-order valence-corrected chi connectivity index (χ3v) is 4.42. The molecule has 132 valence electrons. The van der Waals surface area contributed by atoms with Gasteiger partial charge in [0, 0.05) is 23.2 Å².